The van der Waals surface area contributed by atoms with Crippen LogP contribution in [0.4, 0.5) is 0 Å². The minimum absolute atomic E-state index is 0. The zero-order valence-electron chi connectivity index (χ0n) is 4.52. The van der Waals surface area contributed by atoms with E-state index in [1.54, 1.807) is 0 Å². The summed E-state index contributed by atoms with van der Waals surface area (Å²) in [6.45, 7) is 0. The zero-order chi connectivity index (χ0) is 2.71. The van der Waals surface area contributed by atoms with E-state index >= 15 is 0 Å². The van der Waals surface area contributed by atoms with Gasteiger partial charge in [-0.1, -0.05) is 0 Å². The molecule has 0 rings (SSSR count). The van der Waals surface area contributed by atoms with E-state index in [-0.39, 0.29) is 63.4 Å². The van der Waals surface area contributed by atoms with Gasteiger partial charge in [0.1, 0.15) is 0 Å². The standard InChI is InChI=1S/CO2.Ba.H2O.2H/c2-1-3;;;;/h;;1H2;;/q;+2;;2*-1. The molecule has 0 fully saturated rings. The van der Waals surface area contributed by atoms with Crippen molar-refractivity contribution in [2.75, 3.05) is 0 Å². The van der Waals surface area contributed by atoms with Gasteiger partial charge in [0.15, 0.2) is 0 Å². The second-order valence-corrected chi connectivity index (χ2v) is 0.0833. The van der Waals surface area contributed by atoms with E-state index in [1.807, 2.05) is 0 Å². The van der Waals surface area contributed by atoms with Gasteiger partial charge in [-0.15, -0.1) is 0 Å². The van der Waals surface area contributed by atoms with Crippen LogP contribution >= 0.6 is 0 Å². The molecule has 0 aliphatic carbocycles. The van der Waals surface area contributed by atoms with E-state index in [2.05, 4.69) is 0 Å². The van der Waals surface area contributed by atoms with Gasteiger partial charge in [-0.05, 0) is 0 Å². The molecule has 0 bridgehead atoms. The molecule has 0 radical (unpaired) electrons. The van der Waals surface area contributed by atoms with Crippen molar-refractivity contribution in [3.63, 3.8) is 0 Å². The van der Waals surface area contributed by atoms with E-state index in [0.717, 1.165) is 0 Å². The first-order valence-electron chi connectivity index (χ1n) is 0.408. The Kier molecular flexibility index (Phi) is 69.2. The summed E-state index contributed by atoms with van der Waals surface area (Å²) in [7, 11) is 0. The van der Waals surface area contributed by atoms with Crippen molar-refractivity contribution < 1.29 is 17.9 Å². The molecular weight excluding hydrogens is 197 g/mol. The van der Waals surface area contributed by atoms with Crippen molar-refractivity contribution in [1.82, 2.24) is 0 Å². The normalized spacial score (nSPS) is 1.60. The Labute approximate surface area is 72.1 Å². The molecule has 0 heterocycles. The van der Waals surface area contributed by atoms with E-state index in [0.29, 0.717) is 0 Å². The summed E-state index contributed by atoms with van der Waals surface area (Å²) < 4.78 is 0. The first-order chi connectivity index (χ1) is 1.41. The summed E-state index contributed by atoms with van der Waals surface area (Å²) in [4.78, 5) is 16.2. The van der Waals surface area contributed by atoms with E-state index in [1.165, 1.54) is 0 Å². The predicted octanol–water partition coefficient (Wildman–Crippen LogP) is -1.56. The largest absolute Gasteiger partial charge is 2.00 e. The summed E-state index contributed by atoms with van der Waals surface area (Å²) in [6.07, 6.45) is 0.250. The van der Waals surface area contributed by atoms with Crippen LogP contribution in [-0.2, 0) is 9.59 Å². The Hall–Kier alpha value is 0.911. The molecule has 0 atom stereocenters. The molecule has 0 aromatic carbocycles. The van der Waals surface area contributed by atoms with Crippen LogP contribution in [0.2, 0.25) is 0 Å². The fourth-order valence-electron chi connectivity index (χ4n) is 0. The maximum absolute atomic E-state index is 8.12. The molecule has 0 spiro atoms. The van der Waals surface area contributed by atoms with Crippen LogP contribution in [0.25, 0.3) is 0 Å². The average molecular weight is 201 g/mol. The molecule has 5 heavy (non-hydrogen) atoms. The van der Waals surface area contributed by atoms with Gasteiger partial charge in [-0.25, -0.2) is 0 Å². The third-order valence-electron chi connectivity index (χ3n) is 0. The fraction of sp³-hybridized carbons (Fsp3) is 0. The third kappa shape index (κ3) is 50.1. The second kappa shape index (κ2) is 20.6. The van der Waals surface area contributed by atoms with Crippen molar-refractivity contribution in [3.8, 4) is 0 Å². The number of carbonyl (C=O) groups excluding carboxylic acids is 2. The number of hydrogen-bond acceptors (Lipinski definition) is 2. The van der Waals surface area contributed by atoms with Gasteiger partial charge < -0.3 is 8.33 Å². The van der Waals surface area contributed by atoms with Gasteiger partial charge in [-0.2, -0.15) is 9.59 Å². The quantitative estimate of drug-likeness (QED) is 0.445. The van der Waals surface area contributed by atoms with E-state index in [4.69, 9.17) is 9.59 Å². The van der Waals surface area contributed by atoms with E-state index < -0.39 is 0 Å². The topological polar surface area (TPSA) is 65.6 Å². The Morgan fingerprint density at radius 1 is 1.40 bits per heavy atom. The number of hydrogen-bond donors (Lipinski definition) is 0. The molecule has 0 aliphatic rings. The summed E-state index contributed by atoms with van der Waals surface area (Å²) in [6, 6.07) is 0. The SMILES string of the molecule is O.O=C=O.[Ba+2].[H-].[H-]. The van der Waals surface area contributed by atoms with Crippen LogP contribution in [0.5, 0.6) is 0 Å². The molecule has 0 amide bonds. The molecular formula is CH4BaO3. The van der Waals surface area contributed by atoms with Crippen LogP contribution in [0.1, 0.15) is 2.85 Å². The molecule has 0 saturated heterocycles. The monoisotopic (exact) mass is 202 g/mol. The van der Waals surface area contributed by atoms with Gasteiger partial charge in [0.05, 0.1) is 0 Å². The first-order valence-corrected chi connectivity index (χ1v) is 0.408. The molecule has 3 nitrogen and oxygen atoms in total. The average Bonchev–Trinajstić information content (AvgIpc) is 0.918. The van der Waals surface area contributed by atoms with Crippen molar-refractivity contribution in [2.24, 2.45) is 0 Å². The van der Waals surface area contributed by atoms with Crippen molar-refractivity contribution in [3.05, 3.63) is 0 Å². The Morgan fingerprint density at radius 2 is 1.40 bits per heavy atom. The van der Waals surface area contributed by atoms with Crippen molar-refractivity contribution in [2.45, 2.75) is 0 Å². The minimum atomic E-state index is 0. The minimum Gasteiger partial charge on any atom is -1.00 e. The third-order valence-corrected chi connectivity index (χ3v) is 0. The van der Waals surface area contributed by atoms with Gasteiger partial charge in [0.2, 0.25) is 0 Å². The predicted molar refractivity (Wildman–Crippen MR) is 16.6 cm³/mol. The Balaban J connectivity index is -0.00000000333. The number of rotatable bonds is 0. The van der Waals surface area contributed by atoms with Gasteiger partial charge in [-0.3, -0.25) is 0 Å². The van der Waals surface area contributed by atoms with Crippen LogP contribution < -0.4 is 0 Å². The maximum atomic E-state index is 8.12. The maximum Gasteiger partial charge on any atom is 2.00 e. The molecule has 2 N–H and O–H groups in total. The van der Waals surface area contributed by atoms with Gasteiger partial charge >= 0.3 is 55.0 Å². The summed E-state index contributed by atoms with van der Waals surface area (Å²) in [5.74, 6) is 0. The fourth-order valence-corrected chi connectivity index (χ4v) is 0. The van der Waals surface area contributed by atoms with Crippen molar-refractivity contribution in [1.29, 1.82) is 0 Å². The second-order valence-electron chi connectivity index (χ2n) is 0.0833. The van der Waals surface area contributed by atoms with Gasteiger partial charge in [0, 0.05) is 0 Å². The molecule has 28 valence electrons. The van der Waals surface area contributed by atoms with Gasteiger partial charge in [0.25, 0.3) is 0 Å². The van der Waals surface area contributed by atoms with Crippen molar-refractivity contribution >= 4 is 55.0 Å². The Morgan fingerprint density at radius 3 is 1.40 bits per heavy atom. The Bertz CT molecular complexity index is 33.9. The molecule has 4 heteroatoms. The van der Waals surface area contributed by atoms with Crippen LogP contribution in [0, 0.1) is 0 Å². The summed E-state index contributed by atoms with van der Waals surface area (Å²) in [5.41, 5.74) is 0. The van der Waals surface area contributed by atoms with Crippen LogP contribution in [0.15, 0.2) is 0 Å². The van der Waals surface area contributed by atoms with Crippen LogP contribution in [-0.4, -0.2) is 60.5 Å². The smallest absolute Gasteiger partial charge is 1.00 e. The molecule has 0 aromatic heterocycles. The summed E-state index contributed by atoms with van der Waals surface area (Å²) >= 11 is 0. The zero-order valence-corrected chi connectivity index (χ0v) is 6.96. The molecule has 0 aliphatic heterocycles. The molecule has 0 aromatic rings. The summed E-state index contributed by atoms with van der Waals surface area (Å²) in [5, 5.41) is 0. The first kappa shape index (κ1) is 16.8. The molecule has 0 saturated carbocycles. The van der Waals surface area contributed by atoms with Crippen LogP contribution in [0.3, 0.4) is 0 Å². The van der Waals surface area contributed by atoms with E-state index in [9.17, 15) is 0 Å². The molecule has 0 unspecified atom stereocenters.